The van der Waals surface area contributed by atoms with Crippen LogP contribution in [0.5, 0.6) is 0 Å². The quantitative estimate of drug-likeness (QED) is 0.153. The summed E-state index contributed by atoms with van der Waals surface area (Å²) in [6.45, 7) is 1.83. The third kappa shape index (κ3) is 7.60. The van der Waals surface area contributed by atoms with Crippen LogP contribution >= 0.6 is 15.9 Å². The smallest absolute Gasteiger partial charge is 0.338 e. The van der Waals surface area contributed by atoms with Gasteiger partial charge < -0.3 is 14.5 Å². The lowest BCUT2D eigenvalue weighted by Crippen LogP contribution is -2.32. The molecule has 2 amide bonds. The van der Waals surface area contributed by atoms with Gasteiger partial charge in [-0.2, -0.15) is 5.10 Å². The second-order valence-electron chi connectivity index (χ2n) is 7.03. The fraction of sp³-hybridized carbons (Fsp3) is 0.130. The van der Waals surface area contributed by atoms with Gasteiger partial charge in [0, 0.05) is 10.2 Å². The predicted octanol–water partition coefficient (Wildman–Crippen LogP) is 2.79. The molecule has 0 aliphatic heterocycles. The Morgan fingerprint density at radius 3 is 2.36 bits per heavy atom. The Labute approximate surface area is 215 Å². The summed E-state index contributed by atoms with van der Waals surface area (Å²) in [6.07, 6.45) is 1.16. The van der Waals surface area contributed by atoms with Gasteiger partial charge in [0.2, 0.25) is 10.0 Å². The van der Waals surface area contributed by atoms with Gasteiger partial charge >= 0.3 is 17.8 Å². The molecule has 0 spiro atoms. The molecule has 11 nitrogen and oxygen atoms in total. The number of sulfonamides is 1. The van der Waals surface area contributed by atoms with E-state index in [1.807, 2.05) is 0 Å². The zero-order valence-electron chi connectivity index (χ0n) is 18.9. The summed E-state index contributed by atoms with van der Waals surface area (Å²) in [5.41, 5.74) is 2.67. The van der Waals surface area contributed by atoms with E-state index in [9.17, 15) is 22.8 Å². The Kier molecular flexibility index (Phi) is 9.11. The Morgan fingerprint density at radius 2 is 1.69 bits per heavy atom. The van der Waals surface area contributed by atoms with Crippen molar-refractivity contribution in [2.75, 3.05) is 11.9 Å². The van der Waals surface area contributed by atoms with Crippen LogP contribution < -0.4 is 15.5 Å². The van der Waals surface area contributed by atoms with E-state index in [-0.39, 0.29) is 23.8 Å². The second kappa shape index (κ2) is 12.2. The molecule has 0 aliphatic rings. The van der Waals surface area contributed by atoms with Crippen molar-refractivity contribution in [3.63, 3.8) is 0 Å². The van der Waals surface area contributed by atoms with E-state index in [2.05, 4.69) is 36.5 Å². The Balaban J connectivity index is 1.48. The molecule has 0 saturated heterocycles. The highest BCUT2D eigenvalue weighted by molar-refractivity contribution is 9.10. The van der Waals surface area contributed by atoms with Crippen LogP contribution in [0.1, 0.15) is 28.8 Å². The van der Waals surface area contributed by atoms with E-state index >= 15 is 0 Å². The summed E-state index contributed by atoms with van der Waals surface area (Å²) in [5.74, 6) is -1.96. The summed E-state index contributed by atoms with van der Waals surface area (Å²) in [6, 6.07) is 15.0. The topological polar surface area (TPSA) is 156 Å². The monoisotopic (exact) mass is 576 g/mol. The van der Waals surface area contributed by atoms with Gasteiger partial charge in [-0.05, 0) is 67.6 Å². The molecule has 2 aromatic carbocycles. The van der Waals surface area contributed by atoms with Crippen molar-refractivity contribution < 1.29 is 32.0 Å². The maximum absolute atomic E-state index is 12.3. The van der Waals surface area contributed by atoms with Crippen molar-refractivity contribution in [2.24, 2.45) is 5.10 Å². The molecular formula is C23H21BrN4O7S. The van der Waals surface area contributed by atoms with Crippen LogP contribution in [-0.4, -0.2) is 39.0 Å². The number of rotatable bonds is 9. The number of ether oxygens (including phenoxy) is 1. The third-order valence-corrected chi connectivity index (χ3v) is 6.41. The molecule has 3 N–H and O–H groups in total. The molecule has 0 saturated carbocycles. The van der Waals surface area contributed by atoms with Gasteiger partial charge in [0.25, 0.3) is 0 Å². The number of anilines is 1. The fourth-order valence-corrected chi connectivity index (χ4v) is 3.98. The first-order chi connectivity index (χ1) is 17.2. The number of carbonyl (C=O) groups excluding carboxylic acids is 3. The number of furan rings is 1. The summed E-state index contributed by atoms with van der Waals surface area (Å²) >= 11 is 3.25. The van der Waals surface area contributed by atoms with Gasteiger partial charge in [-0.25, -0.2) is 23.4 Å². The number of nitrogens with one attached hydrogen (secondary N) is 3. The fourth-order valence-electron chi connectivity index (χ4n) is 2.72. The van der Waals surface area contributed by atoms with Crippen LogP contribution in [0.15, 0.2) is 79.6 Å². The normalized spacial score (nSPS) is 11.3. The molecule has 3 aromatic rings. The molecule has 1 aromatic heterocycles. The van der Waals surface area contributed by atoms with Crippen LogP contribution in [0.3, 0.4) is 0 Å². The number of benzene rings is 2. The highest BCUT2D eigenvalue weighted by atomic mass is 79.9. The molecule has 3 rings (SSSR count). The number of hydrazone groups is 1. The maximum Gasteiger partial charge on any atom is 0.338 e. The standard InChI is InChI=1S/C23H21BrN4O7S/c1-2-34-23(31)15-3-7-17(8-4-15)27-21(29)22(30)28-25-13-18-9-10-19(35-18)14-26-36(32,33)20-11-5-16(24)6-12-20/h3-13,26H,2,14H2,1H3,(H,27,29)(H,28,30)/b25-13+. The average molecular weight is 577 g/mol. The van der Waals surface area contributed by atoms with Crippen molar-refractivity contribution in [1.82, 2.24) is 10.1 Å². The average Bonchev–Trinajstić information content (AvgIpc) is 3.31. The lowest BCUT2D eigenvalue weighted by atomic mass is 10.2. The number of carbonyl (C=O) groups is 3. The van der Waals surface area contributed by atoms with Gasteiger partial charge in [-0.1, -0.05) is 15.9 Å². The number of esters is 1. The largest absolute Gasteiger partial charge is 0.462 e. The van der Waals surface area contributed by atoms with Crippen LogP contribution in [0, 0.1) is 0 Å². The molecule has 0 radical (unpaired) electrons. The van der Waals surface area contributed by atoms with E-state index in [0.29, 0.717) is 17.0 Å². The van der Waals surface area contributed by atoms with Gasteiger partial charge in [0.1, 0.15) is 11.5 Å². The summed E-state index contributed by atoms with van der Waals surface area (Å²) in [5, 5.41) is 6.03. The molecule has 0 atom stereocenters. The highest BCUT2D eigenvalue weighted by Gasteiger charge is 2.15. The van der Waals surface area contributed by atoms with Gasteiger partial charge in [-0.15, -0.1) is 0 Å². The molecule has 36 heavy (non-hydrogen) atoms. The maximum atomic E-state index is 12.3. The number of hydrogen-bond acceptors (Lipinski definition) is 8. The molecule has 0 unspecified atom stereocenters. The van der Waals surface area contributed by atoms with Crippen LogP contribution in [0.2, 0.25) is 0 Å². The number of hydrogen-bond donors (Lipinski definition) is 3. The molecule has 1 heterocycles. The first kappa shape index (κ1) is 26.8. The van der Waals surface area contributed by atoms with Crippen molar-refractivity contribution in [2.45, 2.75) is 18.4 Å². The van der Waals surface area contributed by atoms with Crippen LogP contribution in [-0.2, 0) is 30.9 Å². The van der Waals surface area contributed by atoms with Crippen LogP contribution in [0.4, 0.5) is 5.69 Å². The van der Waals surface area contributed by atoms with E-state index in [1.165, 1.54) is 42.5 Å². The Bertz CT molecular complexity index is 1370. The predicted molar refractivity (Wildman–Crippen MR) is 134 cm³/mol. The molecule has 0 aliphatic carbocycles. The van der Waals surface area contributed by atoms with E-state index in [1.54, 1.807) is 25.1 Å². The lowest BCUT2D eigenvalue weighted by Gasteiger charge is -2.05. The van der Waals surface area contributed by atoms with Gasteiger partial charge in [0.05, 0.1) is 29.8 Å². The van der Waals surface area contributed by atoms with Crippen molar-refractivity contribution >= 4 is 55.6 Å². The Hall–Kier alpha value is -3.81. The summed E-state index contributed by atoms with van der Waals surface area (Å²) in [4.78, 5) is 35.7. The zero-order valence-corrected chi connectivity index (χ0v) is 21.3. The third-order valence-electron chi connectivity index (χ3n) is 4.46. The van der Waals surface area contributed by atoms with Crippen molar-refractivity contribution in [3.05, 3.63) is 82.2 Å². The minimum Gasteiger partial charge on any atom is -0.462 e. The summed E-state index contributed by atoms with van der Waals surface area (Å²) < 4.78 is 38.2. The Morgan fingerprint density at radius 1 is 1.00 bits per heavy atom. The lowest BCUT2D eigenvalue weighted by molar-refractivity contribution is -0.136. The van der Waals surface area contributed by atoms with Crippen LogP contribution in [0.25, 0.3) is 0 Å². The SMILES string of the molecule is CCOC(=O)c1ccc(NC(=O)C(=O)N/N=C/c2ccc(CNS(=O)(=O)c3ccc(Br)cc3)o2)cc1. The molecule has 0 bridgehead atoms. The number of amides is 2. The first-order valence-electron chi connectivity index (χ1n) is 10.4. The zero-order chi connectivity index (χ0) is 26.1. The number of halogens is 1. The highest BCUT2D eigenvalue weighted by Crippen LogP contribution is 2.15. The second-order valence-corrected chi connectivity index (χ2v) is 9.72. The van der Waals surface area contributed by atoms with E-state index < -0.39 is 27.8 Å². The molecule has 0 fully saturated rings. The first-order valence-corrected chi connectivity index (χ1v) is 12.7. The molecule has 188 valence electrons. The molecular weight excluding hydrogens is 556 g/mol. The number of nitrogens with zero attached hydrogens (tertiary/aromatic N) is 1. The van der Waals surface area contributed by atoms with Crippen molar-refractivity contribution in [3.8, 4) is 0 Å². The van der Waals surface area contributed by atoms with Crippen molar-refractivity contribution in [1.29, 1.82) is 0 Å². The van der Waals surface area contributed by atoms with E-state index in [4.69, 9.17) is 9.15 Å². The van der Waals surface area contributed by atoms with E-state index in [0.717, 1.165) is 10.7 Å². The minimum absolute atomic E-state index is 0.101. The van der Waals surface area contributed by atoms with Gasteiger partial charge in [-0.3, -0.25) is 9.59 Å². The van der Waals surface area contributed by atoms with Gasteiger partial charge in [0.15, 0.2) is 0 Å². The molecule has 13 heteroatoms. The minimum atomic E-state index is -3.73. The summed E-state index contributed by atoms with van der Waals surface area (Å²) in [7, 11) is -3.73.